The molecule has 0 bridgehead atoms. The van der Waals surface area contributed by atoms with Gasteiger partial charge in [0.25, 0.3) is 0 Å². The molecule has 12 unspecified atom stereocenters. The Morgan fingerprint density at radius 1 is 0.515 bits per heavy atom. The Hall–Kier alpha value is -2.05. The molecule has 2 aliphatic heterocycles. The third-order valence-electron chi connectivity index (χ3n) is 13.0. The van der Waals surface area contributed by atoms with Gasteiger partial charge in [-0.3, -0.25) is 4.79 Å². The summed E-state index contributed by atoms with van der Waals surface area (Å²) in [5.41, 5.74) is 0. The molecule has 1 amide bonds. The average molecular weight is 968 g/mol. The summed E-state index contributed by atoms with van der Waals surface area (Å²) in [6.45, 7) is 2.74. The number of hydrogen-bond donors (Lipinski definition) is 9. The van der Waals surface area contributed by atoms with Gasteiger partial charge in [0.2, 0.25) is 5.91 Å². The lowest BCUT2D eigenvalue weighted by molar-refractivity contribution is -0.359. The Bertz CT molecular complexity index is 1330. The van der Waals surface area contributed by atoms with Crippen LogP contribution in [0.5, 0.6) is 0 Å². The molecule has 2 saturated heterocycles. The van der Waals surface area contributed by atoms with Crippen LogP contribution in [0.4, 0.5) is 0 Å². The van der Waals surface area contributed by atoms with Crippen molar-refractivity contribution in [1.29, 1.82) is 0 Å². The van der Waals surface area contributed by atoms with E-state index in [-0.39, 0.29) is 18.9 Å². The number of amides is 1. The summed E-state index contributed by atoms with van der Waals surface area (Å²) in [5.74, 6) is -0.263. The van der Waals surface area contributed by atoms with Crippen LogP contribution in [-0.4, -0.2) is 140 Å². The summed E-state index contributed by atoms with van der Waals surface area (Å²) >= 11 is 0. The highest BCUT2D eigenvalue weighted by molar-refractivity contribution is 5.76. The van der Waals surface area contributed by atoms with Gasteiger partial charge in [-0.05, 0) is 70.6 Å². The normalized spacial score (nSPS) is 26.7. The second kappa shape index (κ2) is 40.5. The van der Waals surface area contributed by atoms with Crippen molar-refractivity contribution in [3.05, 3.63) is 48.6 Å². The van der Waals surface area contributed by atoms with Crippen molar-refractivity contribution in [1.82, 2.24) is 5.32 Å². The first-order chi connectivity index (χ1) is 33.1. The van der Waals surface area contributed by atoms with Gasteiger partial charge >= 0.3 is 0 Å². The molecule has 14 nitrogen and oxygen atoms in total. The molecule has 396 valence electrons. The maximum atomic E-state index is 13.2. The van der Waals surface area contributed by atoms with E-state index in [1.165, 1.54) is 96.3 Å². The van der Waals surface area contributed by atoms with Crippen LogP contribution in [0.2, 0.25) is 0 Å². The lowest BCUT2D eigenvalue weighted by Gasteiger charge is -2.46. The van der Waals surface area contributed by atoms with E-state index >= 15 is 0 Å². The predicted molar refractivity (Wildman–Crippen MR) is 267 cm³/mol. The number of ether oxygens (including phenoxy) is 4. The standard InChI is InChI=1S/C54H97NO13/c1-3-5-7-9-11-13-15-17-19-21-22-23-25-27-29-31-33-35-37-43(58)42(55-46(59)38-36-34-32-30-28-26-24-20-18-16-14-12-10-8-6-4-2)41-65-53-51(64)49(62)52(45(40-57)67-53)68-54-50(63)48(61)47(60)44(39-56)66-54/h20-22,24,27,29,35,37,42-45,47-54,56-58,60-64H,3-19,23,25-26,28,30-34,36,38-41H2,1-2H3,(H,55,59)/b22-21+,24-20-,29-27+,37-35+. The van der Waals surface area contributed by atoms with Crippen molar-refractivity contribution in [2.75, 3.05) is 19.8 Å². The van der Waals surface area contributed by atoms with Gasteiger partial charge in [0, 0.05) is 6.42 Å². The molecule has 12 atom stereocenters. The number of nitrogens with one attached hydrogen (secondary N) is 1. The molecule has 0 aromatic heterocycles. The van der Waals surface area contributed by atoms with Crippen molar-refractivity contribution >= 4 is 5.91 Å². The lowest BCUT2D eigenvalue weighted by Crippen LogP contribution is -2.65. The van der Waals surface area contributed by atoms with Gasteiger partial charge in [0.05, 0.1) is 32.0 Å². The monoisotopic (exact) mass is 968 g/mol. The van der Waals surface area contributed by atoms with E-state index < -0.39 is 86.8 Å². The van der Waals surface area contributed by atoms with Crippen LogP contribution in [0.15, 0.2) is 48.6 Å². The van der Waals surface area contributed by atoms with E-state index in [0.29, 0.717) is 12.8 Å². The average Bonchev–Trinajstić information content (AvgIpc) is 3.34. The molecule has 0 aromatic rings. The topological polar surface area (TPSA) is 228 Å². The summed E-state index contributed by atoms with van der Waals surface area (Å²) in [7, 11) is 0. The number of carbonyl (C=O) groups excluding carboxylic acids is 1. The van der Waals surface area contributed by atoms with E-state index in [2.05, 4.69) is 55.6 Å². The first-order valence-electron chi connectivity index (χ1n) is 26.9. The zero-order valence-corrected chi connectivity index (χ0v) is 42.1. The summed E-state index contributed by atoms with van der Waals surface area (Å²) < 4.78 is 22.7. The van der Waals surface area contributed by atoms with Crippen molar-refractivity contribution in [2.24, 2.45) is 0 Å². The zero-order valence-electron chi connectivity index (χ0n) is 42.1. The lowest BCUT2D eigenvalue weighted by atomic mass is 9.97. The molecule has 0 radical (unpaired) electrons. The van der Waals surface area contributed by atoms with Gasteiger partial charge in [-0.1, -0.05) is 165 Å². The molecule has 2 rings (SSSR count). The minimum Gasteiger partial charge on any atom is -0.394 e. The van der Waals surface area contributed by atoms with Gasteiger partial charge in [-0.15, -0.1) is 0 Å². The quantitative estimate of drug-likeness (QED) is 0.0212. The largest absolute Gasteiger partial charge is 0.394 e. The third kappa shape index (κ3) is 27.0. The molecule has 0 spiro atoms. The zero-order chi connectivity index (χ0) is 49.6. The molecule has 14 heteroatoms. The maximum absolute atomic E-state index is 13.2. The Kier molecular flexibility index (Phi) is 37.0. The number of hydrogen-bond acceptors (Lipinski definition) is 13. The molecule has 0 aromatic carbocycles. The molecule has 0 aliphatic carbocycles. The number of aliphatic hydroxyl groups is 8. The van der Waals surface area contributed by atoms with Crippen LogP contribution in [0.1, 0.15) is 194 Å². The van der Waals surface area contributed by atoms with Crippen molar-refractivity contribution < 1.29 is 64.6 Å². The van der Waals surface area contributed by atoms with E-state index in [9.17, 15) is 45.6 Å². The van der Waals surface area contributed by atoms with Crippen LogP contribution in [0.3, 0.4) is 0 Å². The first kappa shape index (κ1) is 62.1. The Labute approximate surface area is 410 Å². The van der Waals surface area contributed by atoms with Gasteiger partial charge in [0.15, 0.2) is 12.6 Å². The highest BCUT2D eigenvalue weighted by Crippen LogP contribution is 2.30. The SMILES string of the molecule is CCCCCCCCC/C=C\CCCCCCCC(=O)NC(COC1OC(CO)C(OC2OC(CO)C(O)C(O)C2O)C(O)C1O)C(O)/C=C/CC/C=C/CC/C=C/CCCCCCCCCC. The number of carbonyl (C=O) groups is 1. The highest BCUT2D eigenvalue weighted by atomic mass is 16.7. The molecule has 68 heavy (non-hydrogen) atoms. The van der Waals surface area contributed by atoms with E-state index in [1.54, 1.807) is 6.08 Å². The van der Waals surface area contributed by atoms with Crippen molar-refractivity contribution in [3.63, 3.8) is 0 Å². The fourth-order valence-electron chi connectivity index (χ4n) is 8.55. The molecule has 2 heterocycles. The van der Waals surface area contributed by atoms with Gasteiger partial charge in [0.1, 0.15) is 48.8 Å². The van der Waals surface area contributed by atoms with E-state index in [1.807, 2.05) is 6.08 Å². The first-order valence-corrected chi connectivity index (χ1v) is 26.9. The van der Waals surface area contributed by atoms with Gasteiger partial charge < -0.3 is 65.1 Å². The second-order valence-corrected chi connectivity index (χ2v) is 19.0. The van der Waals surface area contributed by atoms with Crippen LogP contribution in [-0.2, 0) is 23.7 Å². The minimum absolute atomic E-state index is 0.259. The fraction of sp³-hybridized carbons (Fsp3) is 0.833. The molecule has 0 saturated carbocycles. The Morgan fingerprint density at radius 3 is 1.44 bits per heavy atom. The Balaban J connectivity index is 1.86. The summed E-state index contributed by atoms with van der Waals surface area (Å²) in [4.78, 5) is 13.2. The maximum Gasteiger partial charge on any atom is 0.220 e. The van der Waals surface area contributed by atoms with Crippen LogP contribution >= 0.6 is 0 Å². The van der Waals surface area contributed by atoms with Crippen molar-refractivity contribution in [2.45, 2.75) is 267 Å². The highest BCUT2D eigenvalue weighted by Gasteiger charge is 2.51. The summed E-state index contributed by atoms with van der Waals surface area (Å²) in [6.07, 6.45) is 31.5. The molecule has 2 aliphatic rings. The minimum atomic E-state index is -1.79. The number of rotatable bonds is 41. The predicted octanol–water partition coefficient (Wildman–Crippen LogP) is 7.66. The second-order valence-electron chi connectivity index (χ2n) is 19.0. The van der Waals surface area contributed by atoms with Gasteiger partial charge in [-0.2, -0.15) is 0 Å². The number of aliphatic hydroxyl groups excluding tert-OH is 8. The van der Waals surface area contributed by atoms with E-state index in [4.69, 9.17) is 18.9 Å². The van der Waals surface area contributed by atoms with E-state index in [0.717, 1.165) is 64.2 Å². The third-order valence-corrected chi connectivity index (χ3v) is 13.0. The summed E-state index contributed by atoms with van der Waals surface area (Å²) in [5, 5.41) is 86.8. The van der Waals surface area contributed by atoms with Crippen LogP contribution < -0.4 is 5.32 Å². The number of unbranched alkanes of at least 4 members (excludes halogenated alkanes) is 22. The molecule has 9 N–H and O–H groups in total. The summed E-state index contributed by atoms with van der Waals surface area (Å²) in [6, 6.07) is -0.941. The Morgan fingerprint density at radius 2 is 0.941 bits per heavy atom. The van der Waals surface area contributed by atoms with Crippen LogP contribution in [0.25, 0.3) is 0 Å². The molecule has 2 fully saturated rings. The molecular weight excluding hydrogens is 871 g/mol. The number of allylic oxidation sites excluding steroid dienone is 7. The van der Waals surface area contributed by atoms with Gasteiger partial charge in [-0.25, -0.2) is 0 Å². The molecular formula is C54H97NO13. The van der Waals surface area contributed by atoms with Crippen molar-refractivity contribution in [3.8, 4) is 0 Å². The fourth-order valence-corrected chi connectivity index (χ4v) is 8.55. The van der Waals surface area contributed by atoms with Crippen LogP contribution in [0, 0.1) is 0 Å². The smallest absolute Gasteiger partial charge is 0.220 e.